The first-order valence-corrected chi connectivity index (χ1v) is 24.7. The molecule has 0 bridgehead atoms. The van der Waals surface area contributed by atoms with E-state index in [1.807, 2.05) is 6.07 Å². The summed E-state index contributed by atoms with van der Waals surface area (Å²) >= 11 is 0. The van der Waals surface area contributed by atoms with Crippen LogP contribution in [0.4, 0.5) is 17.1 Å². The number of benzene rings is 11. The highest BCUT2D eigenvalue weighted by molar-refractivity contribution is 6.09. The second-order valence-corrected chi connectivity index (χ2v) is 19.2. The second-order valence-electron chi connectivity index (χ2n) is 19.2. The number of hydrogen-bond acceptors (Lipinski definition) is 2. The molecule has 0 aliphatic heterocycles. The first-order chi connectivity index (χ1) is 35.0. The van der Waals surface area contributed by atoms with Crippen molar-refractivity contribution in [1.29, 1.82) is 0 Å². The maximum absolute atomic E-state index is 6.52. The van der Waals surface area contributed by atoms with E-state index in [2.05, 4.69) is 261 Å². The van der Waals surface area contributed by atoms with Gasteiger partial charge in [0.1, 0.15) is 11.2 Å². The Bertz CT molecular complexity index is 4000. The lowest BCUT2D eigenvalue weighted by Gasteiger charge is -2.33. The van der Waals surface area contributed by atoms with Crippen LogP contribution in [0.15, 0.2) is 253 Å². The van der Waals surface area contributed by atoms with Crippen molar-refractivity contribution < 1.29 is 4.42 Å². The molecule has 0 fully saturated rings. The van der Waals surface area contributed by atoms with E-state index < -0.39 is 5.41 Å². The van der Waals surface area contributed by atoms with E-state index in [1.165, 1.54) is 89.0 Å². The molecule has 2 nitrogen and oxygen atoms in total. The van der Waals surface area contributed by atoms with Gasteiger partial charge in [-0.1, -0.05) is 206 Å². The van der Waals surface area contributed by atoms with Crippen molar-refractivity contribution in [2.75, 3.05) is 4.90 Å². The van der Waals surface area contributed by atoms with Gasteiger partial charge in [0.25, 0.3) is 0 Å². The summed E-state index contributed by atoms with van der Waals surface area (Å²) in [5.41, 5.74) is 27.3. The number of rotatable bonds is 7. The van der Waals surface area contributed by atoms with Gasteiger partial charge >= 0.3 is 0 Å². The van der Waals surface area contributed by atoms with Crippen molar-refractivity contribution >= 4 is 39.0 Å². The molecule has 334 valence electrons. The van der Waals surface area contributed by atoms with Crippen molar-refractivity contribution in [2.24, 2.45) is 0 Å². The number of fused-ring (bicyclic) bond motifs is 13. The van der Waals surface area contributed by atoms with Gasteiger partial charge in [-0.15, -0.1) is 0 Å². The van der Waals surface area contributed by atoms with Crippen LogP contribution in [0, 0.1) is 13.8 Å². The largest absolute Gasteiger partial charge is 0.455 e. The van der Waals surface area contributed by atoms with Crippen molar-refractivity contribution in [3.63, 3.8) is 0 Å². The summed E-state index contributed by atoms with van der Waals surface area (Å²) in [6.07, 6.45) is 0. The number of furan rings is 1. The van der Waals surface area contributed by atoms with Crippen LogP contribution in [0.5, 0.6) is 0 Å². The normalized spacial score (nSPS) is 12.8. The topological polar surface area (TPSA) is 16.4 Å². The third kappa shape index (κ3) is 6.21. The fraction of sp³-hybridized carbons (Fsp3) is 0.0435. The Balaban J connectivity index is 0.928. The van der Waals surface area contributed by atoms with Gasteiger partial charge in [-0.2, -0.15) is 0 Å². The molecule has 14 rings (SSSR count). The van der Waals surface area contributed by atoms with Crippen LogP contribution >= 0.6 is 0 Å². The van der Waals surface area contributed by atoms with Crippen LogP contribution < -0.4 is 4.90 Å². The molecule has 0 atom stereocenters. The average molecular weight is 906 g/mol. The molecule has 0 amide bonds. The maximum atomic E-state index is 6.52. The molecule has 0 radical (unpaired) electrons. The summed E-state index contributed by atoms with van der Waals surface area (Å²) in [6, 6.07) is 91.3. The number of aryl methyl sites for hydroxylation is 2. The molecule has 71 heavy (non-hydrogen) atoms. The zero-order chi connectivity index (χ0) is 47.2. The summed E-state index contributed by atoms with van der Waals surface area (Å²) in [4.78, 5) is 2.40. The summed E-state index contributed by atoms with van der Waals surface area (Å²) in [6.45, 7) is 4.58. The van der Waals surface area contributed by atoms with E-state index in [0.29, 0.717) is 0 Å². The molecule has 2 heteroatoms. The Hall–Kier alpha value is -8.98. The minimum Gasteiger partial charge on any atom is -0.455 e. The number of nitrogens with zero attached hydrogens (tertiary/aromatic N) is 1. The van der Waals surface area contributed by atoms with E-state index in [1.54, 1.807) is 0 Å². The third-order valence-electron chi connectivity index (χ3n) is 15.4. The molecule has 2 aliphatic rings. The molecule has 0 N–H and O–H groups in total. The highest BCUT2D eigenvalue weighted by Gasteiger charge is 2.53. The molecule has 1 spiro atoms. The van der Waals surface area contributed by atoms with Gasteiger partial charge in [0.05, 0.1) is 5.41 Å². The molecule has 11 aromatic carbocycles. The smallest absolute Gasteiger partial charge is 0.143 e. The van der Waals surface area contributed by atoms with Gasteiger partial charge in [0.15, 0.2) is 0 Å². The van der Waals surface area contributed by atoms with Crippen LogP contribution in [0.2, 0.25) is 0 Å². The SMILES string of the molecule is Cc1cccc2c1-c1c(C)ccc(-c3cccc(N(c4ccc(-c5ccc(-c6ccccc6)cc5)cc4)c4ccc(-c5cccc6c5oc5ccccc56)cc4)c3)c1C21c2ccccc2-c2ccccc21. The van der Waals surface area contributed by atoms with E-state index in [0.717, 1.165) is 50.1 Å². The molecule has 0 unspecified atom stereocenters. The van der Waals surface area contributed by atoms with E-state index in [9.17, 15) is 0 Å². The Kier molecular flexibility index (Phi) is 9.28. The quantitative estimate of drug-likeness (QED) is 0.158. The number of anilines is 3. The third-order valence-corrected chi connectivity index (χ3v) is 15.4. The van der Waals surface area contributed by atoms with E-state index >= 15 is 0 Å². The second kappa shape index (κ2) is 16.1. The monoisotopic (exact) mass is 905 g/mol. The predicted octanol–water partition coefficient (Wildman–Crippen LogP) is 18.7. The maximum Gasteiger partial charge on any atom is 0.143 e. The fourth-order valence-electron chi connectivity index (χ4n) is 12.2. The lowest BCUT2D eigenvalue weighted by Crippen LogP contribution is -2.26. The lowest BCUT2D eigenvalue weighted by atomic mass is 9.68. The molecule has 2 aliphatic carbocycles. The van der Waals surface area contributed by atoms with Crippen molar-refractivity contribution in [3.8, 4) is 66.8 Å². The van der Waals surface area contributed by atoms with Crippen LogP contribution in [-0.2, 0) is 5.41 Å². The zero-order valence-electron chi connectivity index (χ0n) is 39.5. The molecular weight excluding hydrogens is 859 g/mol. The van der Waals surface area contributed by atoms with Crippen LogP contribution in [-0.4, -0.2) is 0 Å². The van der Waals surface area contributed by atoms with Crippen molar-refractivity contribution in [3.05, 3.63) is 282 Å². The summed E-state index contributed by atoms with van der Waals surface area (Å²) in [5, 5.41) is 2.26. The van der Waals surface area contributed by atoms with Gasteiger partial charge in [-0.25, -0.2) is 0 Å². The summed E-state index contributed by atoms with van der Waals surface area (Å²) in [7, 11) is 0. The molecular formula is C69H47NO. The average Bonchev–Trinajstić information content (AvgIpc) is 4.08. The molecule has 0 saturated heterocycles. The standard InChI is InChI=1S/C69H47NO/c1-44-15-12-27-63-65(44)66-45(2)29-42-55(67(66)69(63)61-25-9-6-20-57(61)58-21-7-10-26-62(58)69)51-18-13-19-54(43-51)70(52-38-34-49(35-39-52)48-32-30-47(31-33-48)46-16-4-3-5-17-46)53-40-36-50(37-41-53)56-23-14-24-60-59-22-8-11-28-64(59)71-68(56)60/h3-43H,1-2H3. The lowest BCUT2D eigenvalue weighted by molar-refractivity contribution is 0.670. The molecule has 1 aromatic heterocycles. The van der Waals surface area contributed by atoms with E-state index in [4.69, 9.17) is 4.42 Å². The van der Waals surface area contributed by atoms with Gasteiger partial charge < -0.3 is 9.32 Å². The first-order valence-electron chi connectivity index (χ1n) is 24.7. The summed E-state index contributed by atoms with van der Waals surface area (Å²) in [5.74, 6) is 0. The Labute approximate surface area is 414 Å². The first kappa shape index (κ1) is 41.0. The Morgan fingerprint density at radius 3 is 1.54 bits per heavy atom. The van der Waals surface area contributed by atoms with Crippen molar-refractivity contribution in [2.45, 2.75) is 19.3 Å². The zero-order valence-corrected chi connectivity index (χ0v) is 39.5. The fourth-order valence-corrected chi connectivity index (χ4v) is 12.2. The van der Waals surface area contributed by atoms with Crippen LogP contribution in [0.3, 0.4) is 0 Å². The molecule has 0 saturated carbocycles. The number of hydrogen-bond donors (Lipinski definition) is 0. The van der Waals surface area contributed by atoms with Gasteiger partial charge in [-0.3, -0.25) is 0 Å². The molecule has 12 aromatic rings. The highest BCUT2D eigenvalue weighted by Crippen LogP contribution is 2.65. The minimum atomic E-state index is -0.478. The summed E-state index contributed by atoms with van der Waals surface area (Å²) < 4.78 is 6.52. The van der Waals surface area contributed by atoms with Crippen molar-refractivity contribution in [1.82, 2.24) is 0 Å². The molecule has 1 heterocycles. The minimum absolute atomic E-state index is 0.478. The van der Waals surface area contributed by atoms with Crippen LogP contribution in [0.25, 0.3) is 88.7 Å². The Morgan fingerprint density at radius 1 is 0.324 bits per heavy atom. The van der Waals surface area contributed by atoms with Gasteiger partial charge in [0, 0.05) is 33.4 Å². The van der Waals surface area contributed by atoms with Gasteiger partial charge in [0.2, 0.25) is 0 Å². The highest BCUT2D eigenvalue weighted by atomic mass is 16.3. The van der Waals surface area contributed by atoms with Crippen LogP contribution in [0.1, 0.15) is 33.4 Å². The predicted molar refractivity (Wildman–Crippen MR) is 296 cm³/mol. The van der Waals surface area contributed by atoms with E-state index in [-0.39, 0.29) is 0 Å². The number of para-hydroxylation sites is 2. The van der Waals surface area contributed by atoms with Gasteiger partial charge in [-0.05, 0) is 151 Å². The Morgan fingerprint density at radius 2 is 0.831 bits per heavy atom.